The zero-order valence-corrected chi connectivity index (χ0v) is 9.77. The van der Waals surface area contributed by atoms with Crippen molar-refractivity contribution in [2.24, 2.45) is 0 Å². The summed E-state index contributed by atoms with van der Waals surface area (Å²) in [7, 11) is 0. The molecule has 0 saturated carbocycles. The van der Waals surface area contributed by atoms with Crippen molar-refractivity contribution >= 4 is 17.4 Å². The van der Waals surface area contributed by atoms with Gasteiger partial charge in [-0.25, -0.2) is 4.98 Å². The normalized spacial score (nSPS) is 10.3. The Morgan fingerprint density at radius 3 is 2.67 bits per heavy atom. The number of hydrogen-bond acceptors (Lipinski definition) is 4. The van der Waals surface area contributed by atoms with Crippen molar-refractivity contribution in [1.82, 2.24) is 15.2 Å². The predicted molar refractivity (Wildman–Crippen MR) is 63.5 cm³/mol. The van der Waals surface area contributed by atoms with Crippen LogP contribution in [0.1, 0.15) is 21.9 Å². The molecule has 0 aliphatic carbocycles. The molecule has 0 radical (unpaired) electrons. The van der Waals surface area contributed by atoms with E-state index in [9.17, 15) is 14.9 Å². The van der Waals surface area contributed by atoms with Crippen molar-refractivity contribution in [3.63, 3.8) is 0 Å². The lowest BCUT2D eigenvalue weighted by atomic mass is 10.3. The summed E-state index contributed by atoms with van der Waals surface area (Å²) in [6.45, 7) is 3.52. The molecular formula is C10H11N5O3. The molecule has 2 heterocycles. The number of H-pyrrole nitrogens is 2. The fraction of sp³-hybridized carbons (Fsp3) is 0.200. The van der Waals surface area contributed by atoms with Crippen LogP contribution in [0.25, 0.3) is 0 Å². The first kappa shape index (κ1) is 11.8. The second-order valence-corrected chi connectivity index (χ2v) is 3.78. The lowest BCUT2D eigenvalue weighted by molar-refractivity contribution is -0.389. The fourth-order valence-electron chi connectivity index (χ4n) is 1.54. The first-order valence-electron chi connectivity index (χ1n) is 5.15. The van der Waals surface area contributed by atoms with Gasteiger partial charge in [-0.1, -0.05) is 0 Å². The van der Waals surface area contributed by atoms with Crippen molar-refractivity contribution in [3.8, 4) is 0 Å². The third-order valence-corrected chi connectivity index (χ3v) is 2.48. The lowest BCUT2D eigenvalue weighted by Gasteiger charge is -2.01. The SMILES string of the molecule is Cc1n[nH]c(C)c1NC(=O)c1ccc([N+](=O)[O-])[nH]1. The van der Waals surface area contributed by atoms with Gasteiger partial charge in [0.1, 0.15) is 0 Å². The van der Waals surface area contributed by atoms with Crippen LogP contribution in [0.2, 0.25) is 0 Å². The Bertz CT molecular complexity index is 593. The molecule has 94 valence electrons. The highest BCUT2D eigenvalue weighted by Crippen LogP contribution is 2.18. The van der Waals surface area contributed by atoms with Crippen molar-refractivity contribution in [1.29, 1.82) is 0 Å². The van der Waals surface area contributed by atoms with E-state index in [1.807, 2.05) is 0 Å². The molecule has 0 unspecified atom stereocenters. The van der Waals surface area contributed by atoms with Gasteiger partial charge in [0.15, 0.2) is 5.69 Å². The van der Waals surface area contributed by atoms with E-state index in [-0.39, 0.29) is 11.5 Å². The molecule has 0 fully saturated rings. The second kappa shape index (κ2) is 4.32. The Balaban J connectivity index is 2.19. The standard InChI is InChI=1S/C10H11N5O3/c1-5-9(6(2)14-13-5)12-10(16)7-3-4-8(11-7)15(17)18/h3-4,11H,1-2H3,(H,12,16)(H,13,14). The van der Waals surface area contributed by atoms with Gasteiger partial charge in [-0.3, -0.25) is 9.89 Å². The van der Waals surface area contributed by atoms with Crippen LogP contribution in [-0.2, 0) is 0 Å². The van der Waals surface area contributed by atoms with Crippen molar-refractivity contribution in [3.05, 3.63) is 39.3 Å². The first-order chi connectivity index (χ1) is 8.49. The number of nitro groups is 1. The van der Waals surface area contributed by atoms with Crippen LogP contribution in [0, 0.1) is 24.0 Å². The van der Waals surface area contributed by atoms with E-state index in [1.165, 1.54) is 12.1 Å². The molecular weight excluding hydrogens is 238 g/mol. The number of nitrogens with zero attached hydrogens (tertiary/aromatic N) is 2. The van der Waals surface area contributed by atoms with Crippen LogP contribution in [0.3, 0.4) is 0 Å². The van der Waals surface area contributed by atoms with Gasteiger partial charge in [0.05, 0.1) is 17.1 Å². The molecule has 0 atom stereocenters. The Morgan fingerprint density at radius 1 is 1.44 bits per heavy atom. The van der Waals surface area contributed by atoms with E-state index in [0.717, 1.165) is 5.69 Å². The lowest BCUT2D eigenvalue weighted by Crippen LogP contribution is -2.13. The predicted octanol–water partition coefficient (Wildman–Crippen LogP) is 1.52. The van der Waals surface area contributed by atoms with E-state index >= 15 is 0 Å². The number of rotatable bonds is 3. The van der Waals surface area contributed by atoms with Crippen molar-refractivity contribution in [2.45, 2.75) is 13.8 Å². The summed E-state index contributed by atoms with van der Waals surface area (Å²) < 4.78 is 0. The number of carbonyl (C=O) groups is 1. The van der Waals surface area contributed by atoms with Gasteiger partial charge < -0.3 is 15.4 Å². The Morgan fingerprint density at radius 2 is 2.17 bits per heavy atom. The number of aromatic amines is 2. The molecule has 0 spiro atoms. The Kier molecular flexibility index (Phi) is 2.84. The summed E-state index contributed by atoms with van der Waals surface area (Å²) >= 11 is 0. The number of anilines is 1. The van der Waals surface area contributed by atoms with Gasteiger partial charge in [-0.05, 0) is 24.8 Å². The molecule has 3 N–H and O–H groups in total. The third-order valence-electron chi connectivity index (χ3n) is 2.48. The smallest absolute Gasteiger partial charge is 0.321 e. The number of hydrogen-bond donors (Lipinski definition) is 3. The van der Waals surface area contributed by atoms with Gasteiger partial charge in [0.2, 0.25) is 0 Å². The number of amides is 1. The molecule has 0 aromatic carbocycles. The third kappa shape index (κ3) is 2.08. The van der Waals surface area contributed by atoms with E-state index < -0.39 is 10.8 Å². The zero-order valence-electron chi connectivity index (χ0n) is 9.77. The Labute approximate surface area is 102 Å². The minimum absolute atomic E-state index is 0.127. The maximum Gasteiger partial charge on any atom is 0.321 e. The molecule has 2 aromatic heterocycles. The monoisotopic (exact) mass is 249 g/mol. The highest BCUT2D eigenvalue weighted by atomic mass is 16.6. The number of aromatic nitrogens is 3. The summed E-state index contributed by atoms with van der Waals surface area (Å²) in [6.07, 6.45) is 0. The highest BCUT2D eigenvalue weighted by molar-refractivity contribution is 6.03. The largest absolute Gasteiger partial charge is 0.358 e. The number of carbonyl (C=O) groups excluding carboxylic acids is 1. The molecule has 0 aliphatic heterocycles. The molecule has 2 rings (SSSR count). The van der Waals surface area contributed by atoms with Gasteiger partial charge in [0, 0.05) is 6.07 Å². The van der Waals surface area contributed by atoms with Crippen molar-refractivity contribution in [2.75, 3.05) is 5.32 Å². The minimum atomic E-state index is -0.592. The van der Waals surface area contributed by atoms with Gasteiger partial charge in [-0.2, -0.15) is 5.10 Å². The molecule has 2 aromatic rings. The van der Waals surface area contributed by atoms with Crippen LogP contribution in [0.15, 0.2) is 12.1 Å². The summed E-state index contributed by atoms with van der Waals surface area (Å²) in [4.78, 5) is 24.2. The molecule has 8 nitrogen and oxygen atoms in total. The topological polar surface area (TPSA) is 117 Å². The van der Waals surface area contributed by atoms with Crippen LogP contribution < -0.4 is 5.32 Å². The Hall–Kier alpha value is -2.64. The fourth-order valence-corrected chi connectivity index (χ4v) is 1.54. The maximum atomic E-state index is 11.8. The summed E-state index contributed by atoms with van der Waals surface area (Å²) in [6, 6.07) is 2.60. The van der Waals surface area contributed by atoms with Crippen molar-refractivity contribution < 1.29 is 9.72 Å². The first-order valence-corrected chi connectivity index (χ1v) is 5.15. The molecule has 1 amide bonds. The van der Waals surface area contributed by atoms with Crippen LogP contribution >= 0.6 is 0 Å². The number of aryl methyl sites for hydroxylation is 2. The highest BCUT2D eigenvalue weighted by Gasteiger charge is 2.17. The quantitative estimate of drug-likeness (QED) is 0.564. The maximum absolute atomic E-state index is 11.8. The van der Waals surface area contributed by atoms with Gasteiger partial charge >= 0.3 is 5.82 Å². The zero-order chi connectivity index (χ0) is 13.3. The average molecular weight is 249 g/mol. The molecule has 18 heavy (non-hydrogen) atoms. The molecule has 0 bridgehead atoms. The van der Waals surface area contributed by atoms with Crippen LogP contribution in [0.4, 0.5) is 11.5 Å². The van der Waals surface area contributed by atoms with E-state index in [4.69, 9.17) is 0 Å². The van der Waals surface area contributed by atoms with Crippen LogP contribution in [-0.4, -0.2) is 26.0 Å². The number of nitrogens with one attached hydrogen (secondary N) is 3. The second-order valence-electron chi connectivity index (χ2n) is 3.78. The van der Waals surface area contributed by atoms with E-state index in [1.54, 1.807) is 13.8 Å². The molecule has 0 aliphatic rings. The summed E-state index contributed by atoms with van der Waals surface area (Å²) in [5.41, 5.74) is 2.09. The minimum Gasteiger partial charge on any atom is -0.358 e. The molecule has 8 heteroatoms. The average Bonchev–Trinajstić information content (AvgIpc) is 2.91. The van der Waals surface area contributed by atoms with Gasteiger partial charge in [-0.15, -0.1) is 0 Å². The van der Waals surface area contributed by atoms with Crippen LogP contribution in [0.5, 0.6) is 0 Å². The van der Waals surface area contributed by atoms with E-state index in [2.05, 4.69) is 20.5 Å². The summed E-state index contributed by atoms with van der Waals surface area (Å²) in [5.74, 6) is -0.670. The molecule has 0 saturated heterocycles. The van der Waals surface area contributed by atoms with E-state index in [0.29, 0.717) is 11.4 Å². The summed E-state index contributed by atoms with van der Waals surface area (Å²) in [5, 5.41) is 19.8. The van der Waals surface area contributed by atoms with Gasteiger partial charge in [0.25, 0.3) is 5.91 Å².